The Kier molecular flexibility index (Phi) is 12.2. The molecule has 43 heavy (non-hydrogen) atoms. The van der Waals surface area contributed by atoms with Crippen LogP contribution in [0.5, 0.6) is 0 Å². The molecule has 2 N–H and O–H groups in total. The van der Waals surface area contributed by atoms with Crippen molar-refractivity contribution < 1.29 is 63.4 Å². The number of aryl methyl sites for hydroxylation is 2. The van der Waals surface area contributed by atoms with Crippen LogP contribution in [0.15, 0.2) is 36.4 Å². The third-order valence-electron chi connectivity index (χ3n) is 5.60. The summed E-state index contributed by atoms with van der Waals surface area (Å²) in [6, 6.07) is 6.02. The lowest BCUT2D eigenvalue weighted by molar-refractivity contribution is -0.189. The zero-order valence-corrected chi connectivity index (χ0v) is 23.0. The molecule has 0 aliphatic heterocycles. The molecule has 2 aromatic carbocycles. The molecule has 0 aliphatic carbocycles. The summed E-state index contributed by atoms with van der Waals surface area (Å²) in [4.78, 5) is 46.6. The van der Waals surface area contributed by atoms with Gasteiger partial charge in [-0.2, -0.15) is 39.5 Å². The zero-order valence-electron chi connectivity index (χ0n) is 23.0. The molecule has 0 fully saturated rings. The van der Waals surface area contributed by atoms with E-state index in [1.165, 1.54) is 27.0 Å². The molecular weight excluding hydrogens is 605 g/mol. The molecule has 0 aromatic heterocycles. The van der Waals surface area contributed by atoms with Crippen LogP contribution >= 0.6 is 0 Å². The van der Waals surface area contributed by atoms with Crippen molar-refractivity contribution in [2.24, 2.45) is 5.73 Å². The summed E-state index contributed by atoms with van der Waals surface area (Å²) in [7, 11) is 2.47. The summed E-state index contributed by atoms with van der Waals surface area (Å²) in [5.41, 5.74) is 4.64. The van der Waals surface area contributed by atoms with E-state index in [0.29, 0.717) is 16.7 Å². The number of primary amides is 1. The van der Waals surface area contributed by atoms with Gasteiger partial charge in [0.15, 0.2) is 6.61 Å². The number of alkyl halides is 9. The number of nitrogens with two attached hydrogens (primary N) is 1. The number of carbonyl (C=O) groups is 4. The SMILES string of the molecule is Cc1cc(C(F)(F)F)ccc1CN(C)C(=O)C(=O)OCC(F)(F)F.Cc1cc(C(F)(F)F)ccc1CN(C)C(=O)C(N)=O. The fraction of sp³-hybridized carbons (Fsp3) is 0.385. The smallest absolute Gasteiger partial charge is 0.422 e. The Balaban J connectivity index is 0.000000442. The van der Waals surface area contributed by atoms with Crippen LogP contribution in [0.4, 0.5) is 39.5 Å². The number of carbonyl (C=O) groups excluding carboxylic acids is 4. The Bertz CT molecular complexity index is 1340. The maximum absolute atomic E-state index is 12.6. The minimum atomic E-state index is -4.77. The van der Waals surface area contributed by atoms with Crippen LogP contribution in [0.1, 0.15) is 33.4 Å². The van der Waals surface area contributed by atoms with Crippen molar-refractivity contribution in [1.82, 2.24) is 9.80 Å². The number of nitrogens with zero attached hydrogens (tertiary/aromatic N) is 2. The predicted octanol–water partition coefficient (Wildman–Crippen LogP) is 4.54. The van der Waals surface area contributed by atoms with Crippen molar-refractivity contribution in [3.63, 3.8) is 0 Å². The third-order valence-corrected chi connectivity index (χ3v) is 5.60. The number of likely N-dealkylation sites (N-methyl/N-ethyl adjacent to an activating group) is 2. The van der Waals surface area contributed by atoms with Crippen LogP contribution < -0.4 is 5.73 Å². The van der Waals surface area contributed by atoms with Crippen molar-refractivity contribution in [3.05, 3.63) is 69.8 Å². The molecule has 2 rings (SSSR count). The largest absolute Gasteiger partial charge is 0.449 e. The van der Waals surface area contributed by atoms with Crippen LogP contribution in [0.25, 0.3) is 0 Å². The number of hydrogen-bond acceptors (Lipinski definition) is 5. The van der Waals surface area contributed by atoms with E-state index in [0.717, 1.165) is 47.2 Å². The van der Waals surface area contributed by atoms with Gasteiger partial charge in [-0.15, -0.1) is 0 Å². The highest BCUT2D eigenvalue weighted by Gasteiger charge is 2.33. The minimum absolute atomic E-state index is 0.0196. The van der Waals surface area contributed by atoms with Crippen molar-refractivity contribution in [2.45, 2.75) is 45.5 Å². The molecule has 0 spiro atoms. The topological polar surface area (TPSA) is 110 Å². The summed E-state index contributed by atoms with van der Waals surface area (Å²) < 4.78 is 115. The Hall–Kier alpha value is -4.31. The molecule has 0 bridgehead atoms. The number of halogens is 9. The van der Waals surface area contributed by atoms with Crippen molar-refractivity contribution in [1.29, 1.82) is 0 Å². The first-order chi connectivity index (χ1) is 19.4. The Labute approximate surface area is 239 Å². The van der Waals surface area contributed by atoms with E-state index in [1.54, 1.807) is 0 Å². The van der Waals surface area contributed by atoms with Gasteiger partial charge in [0.05, 0.1) is 11.1 Å². The Morgan fingerprint density at radius 1 is 0.698 bits per heavy atom. The van der Waals surface area contributed by atoms with Gasteiger partial charge in [-0.05, 0) is 60.4 Å². The quantitative estimate of drug-likeness (QED) is 0.296. The Morgan fingerprint density at radius 2 is 1.07 bits per heavy atom. The molecule has 2 aromatic rings. The molecule has 0 aliphatic rings. The summed E-state index contributed by atoms with van der Waals surface area (Å²) in [5.74, 6) is -5.02. The summed E-state index contributed by atoms with van der Waals surface area (Å²) in [6.07, 6.45) is -13.7. The van der Waals surface area contributed by atoms with Gasteiger partial charge in [-0.3, -0.25) is 14.4 Å². The summed E-state index contributed by atoms with van der Waals surface area (Å²) in [6.45, 7) is 0.748. The minimum Gasteiger partial charge on any atom is -0.449 e. The molecule has 0 atom stereocenters. The van der Waals surface area contributed by atoms with Crippen LogP contribution in [0, 0.1) is 13.8 Å². The highest BCUT2D eigenvalue weighted by Crippen LogP contribution is 2.31. The zero-order chi connectivity index (χ0) is 33.5. The van der Waals surface area contributed by atoms with Crippen LogP contribution in [0.3, 0.4) is 0 Å². The fourth-order valence-electron chi connectivity index (χ4n) is 3.31. The number of rotatable bonds is 5. The van der Waals surface area contributed by atoms with Gasteiger partial charge in [0.1, 0.15) is 0 Å². The van der Waals surface area contributed by atoms with Crippen molar-refractivity contribution >= 4 is 23.7 Å². The fourth-order valence-corrected chi connectivity index (χ4v) is 3.31. The van der Waals surface area contributed by atoms with Gasteiger partial charge in [0, 0.05) is 27.2 Å². The first-order valence-corrected chi connectivity index (χ1v) is 11.8. The monoisotopic (exact) mass is 631 g/mol. The number of hydrogen-bond donors (Lipinski definition) is 1. The number of amides is 3. The molecule has 0 saturated carbocycles. The first kappa shape index (κ1) is 36.7. The second-order valence-corrected chi connectivity index (χ2v) is 9.16. The molecule has 0 heterocycles. The van der Waals surface area contributed by atoms with E-state index in [4.69, 9.17) is 5.73 Å². The second-order valence-electron chi connectivity index (χ2n) is 9.16. The lowest BCUT2D eigenvalue weighted by atomic mass is 10.0. The predicted molar refractivity (Wildman–Crippen MR) is 132 cm³/mol. The van der Waals surface area contributed by atoms with E-state index in [1.807, 2.05) is 0 Å². The van der Waals surface area contributed by atoms with Crippen molar-refractivity contribution in [2.75, 3.05) is 20.7 Å². The Morgan fingerprint density at radius 3 is 1.37 bits per heavy atom. The first-order valence-electron chi connectivity index (χ1n) is 11.8. The van der Waals surface area contributed by atoms with Gasteiger partial charge in [0.25, 0.3) is 0 Å². The van der Waals surface area contributed by atoms with E-state index < -0.39 is 60.0 Å². The third kappa shape index (κ3) is 11.8. The number of ether oxygens (including phenoxy) is 1. The van der Waals surface area contributed by atoms with E-state index >= 15 is 0 Å². The van der Waals surface area contributed by atoms with E-state index in [9.17, 15) is 58.7 Å². The van der Waals surface area contributed by atoms with Gasteiger partial charge >= 0.3 is 42.2 Å². The molecule has 8 nitrogen and oxygen atoms in total. The standard InChI is InChI=1S/C14H13F6NO3.C12H13F3N2O2/c1-8-5-10(14(18,19)20)4-3-9(8)6-21(2)11(22)12(23)24-7-13(15,16)17;1-7-5-9(12(13,14)15)4-3-8(7)6-17(2)11(19)10(16)18/h3-5H,6-7H2,1-2H3;3-5H,6H2,1-2H3,(H2,16,18). The van der Waals surface area contributed by atoms with Gasteiger partial charge in [0.2, 0.25) is 0 Å². The van der Waals surface area contributed by atoms with E-state index in [2.05, 4.69) is 4.74 Å². The normalized spacial score (nSPS) is 11.7. The average molecular weight is 631 g/mol. The maximum Gasteiger partial charge on any atom is 0.422 e. The highest BCUT2D eigenvalue weighted by molar-refractivity contribution is 6.34. The average Bonchev–Trinajstić information content (AvgIpc) is 2.87. The molecule has 0 saturated heterocycles. The van der Waals surface area contributed by atoms with Crippen LogP contribution in [0.2, 0.25) is 0 Å². The summed E-state index contributed by atoms with van der Waals surface area (Å²) in [5, 5.41) is 0. The molecule has 3 amide bonds. The molecule has 0 unspecified atom stereocenters. The maximum atomic E-state index is 12.6. The van der Waals surface area contributed by atoms with Gasteiger partial charge in [-0.25, -0.2) is 4.79 Å². The lowest BCUT2D eigenvalue weighted by Gasteiger charge is -2.18. The van der Waals surface area contributed by atoms with Gasteiger partial charge in [-0.1, -0.05) is 12.1 Å². The van der Waals surface area contributed by atoms with Crippen LogP contribution in [-0.2, 0) is 49.4 Å². The molecule has 17 heteroatoms. The lowest BCUT2D eigenvalue weighted by Crippen LogP contribution is -2.37. The van der Waals surface area contributed by atoms with Crippen LogP contribution in [-0.4, -0.2) is 60.4 Å². The van der Waals surface area contributed by atoms with E-state index in [-0.39, 0.29) is 18.7 Å². The molecular formula is C26H26F9N3O5. The summed E-state index contributed by atoms with van der Waals surface area (Å²) >= 11 is 0. The van der Waals surface area contributed by atoms with Gasteiger partial charge < -0.3 is 20.3 Å². The second kappa shape index (κ2) is 14.2. The number of benzene rings is 2. The highest BCUT2D eigenvalue weighted by atomic mass is 19.4. The molecule has 0 radical (unpaired) electrons. The molecule has 238 valence electrons. The number of esters is 1. The van der Waals surface area contributed by atoms with Crippen molar-refractivity contribution in [3.8, 4) is 0 Å².